The van der Waals surface area contributed by atoms with Gasteiger partial charge in [0.05, 0.1) is 17.9 Å². The zero-order chi connectivity index (χ0) is 15.0. The molecule has 3 rings (SSSR count). The summed E-state index contributed by atoms with van der Waals surface area (Å²) >= 11 is 0. The summed E-state index contributed by atoms with van der Waals surface area (Å²) in [6.07, 6.45) is 3.69. The van der Waals surface area contributed by atoms with Gasteiger partial charge in [-0.1, -0.05) is 13.3 Å². The molecule has 3 aromatic rings. The van der Waals surface area contributed by atoms with Gasteiger partial charge in [0.2, 0.25) is 5.95 Å². The van der Waals surface area contributed by atoms with Crippen LogP contribution in [0.1, 0.15) is 30.6 Å². The third-order valence-electron chi connectivity index (χ3n) is 3.46. The fourth-order valence-corrected chi connectivity index (χ4v) is 2.57. The summed E-state index contributed by atoms with van der Waals surface area (Å²) < 4.78 is 3.79. The van der Waals surface area contributed by atoms with Crippen LogP contribution in [0, 0.1) is 6.92 Å². The van der Waals surface area contributed by atoms with Gasteiger partial charge in [0, 0.05) is 13.2 Å². The molecule has 0 atom stereocenters. The monoisotopic (exact) mass is 285 g/mol. The first-order valence-corrected chi connectivity index (χ1v) is 7.06. The minimum Gasteiger partial charge on any atom is -0.369 e. The number of nitrogen functional groups attached to an aromatic ring is 1. The Morgan fingerprint density at radius 2 is 2.10 bits per heavy atom. The van der Waals surface area contributed by atoms with Crippen LogP contribution in [0.4, 0.5) is 5.95 Å². The molecule has 21 heavy (non-hydrogen) atoms. The van der Waals surface area contributed by atoms with Crippen LogP contribution in [0.3, 0.4) is 0 Å². The Bertz CT molecular complexity index is 784. The van der Waals surface area contributed by atoms with Gasteiger partial charge in [0.15, 0.2) is 5.65 Å². The Hall–Kier alpha value is -2.44. The van der Waals surface area contributed by atoms with Crippen molar-refractivity contribution in [1.29, 1.82) is 0 Å². The summed E-state index contributed by atoms with van der Waals surface area (Å²) in [5, 5.41) is 4.55. The van der Waals surface area contributed by atoms with E-state index >= 15 is 0 Å². The highest BCUT2D eigenvalue weighted by atomic mass is 15.3. The lowest BCUT2D eigenvalue weighted by molar-refractivity contribution is 0.704. The molecule has 2 N–H and O–H groups in total. The van der Waals surface area contributed by atoms with Gasteiger partial charge in [-0.2, -0.15) is 5.10 Å². The van der Waals surface area contributed by atoms with Gasteiger partial charge < -0.3 is 5.73 Å². The molecule has 0 saturated carbocycles. The molecule has 0 spiro atoms. The van der Waals surface area contributed by atoms with Crippen molar-refractivity contribution in [3.8, 4) is 0 Å². The molecular formula is C14H19N7. The Balaban J connectivity index is 2.08. The molecule has 3 heterocycles. The standard InChI is InChI=1S/C14H19N7/c1-4-5-11-12-13(20(3)19-11)21(14(15)18-12)8-10-6-7-16-9(2)17-10/h6-7H,4-5,8H2,1-3H3,(H2,15,18). The zero-order valence-electron chi connectivity index (χ0n) is 12.5. The third kappa shape index (κ3) is 2.35. The molecule has 0 radical (unpaired) electrons. The van der Waals surface area contributed by atoms with Gasteiger partial charge in [-0.25, -0.2) is 15.0 Å². The molecule has 0 aliphatic rings. The summed E-state index contributed by atoms with van der Waals surface area (Å²) in [5.74, 6) is 1.24. The largest absolute Gasteiger partial charge is 0.369 e. The molecule has 0 aliphatic carbocycles. The number of hydrogen-bond acceptors (Lipinski definition) is 5. The number of nitrogens with zero attached hydrogens (tertiary/aromatic N) is 6. The van der Waals surface area contributed by atoms with Crippen molar-refractivity contribution in [3.63, 3.8) is 0 Å². The van der Waals surface area contributed by atoms with Crippen LogP contribution in [0.25, 0.3) is 11.2 Å². The first-order chi connectivity index (χ1) is 10.1. The van der Waals surface area contributed by atoms with E-state index in [4.69, 9.17) is 5.73 Å². The number of nitrogens with two attached hydrogens (primary N) is 1. The van der Waals surface area contributed by atoms with Gasteiger partial charge >= 0.3 is 0 Å². The number of hydrogen-bond donors (Lipinski definition) is 1. The molecule has 0 bridgehead atoms. The molecule has 0 saturated heterocycles. The average molecular weight is 285 g/mol. The minimum absolute atomic E-state index is 0.492. The predicted molar refractivity (Wildman–Crippen MR) is 80.8 cm³/mol. The van der Waals surface area contributed by atoms with Crippen LogP contribution in [-0.4, -0.2) is 29.3 Å². The highest BCUT2D eigenvalue weighted by Crippen LogP contribution is 2.22. The fourth-order valence-electron chi connectivity index (χ4n) is 2.57. The number of aryl methyl sites for hydroxylation is 3. The van der Waals surface area contributed by atoms with Gasteiger partial charge in [-0.15, -0.1) is 0 Å². The lowest BCUT2D eigenvalue weighted by Gasteiger charge is -2.06. The summed E-state index contributed by atoms with van der Waals surface area (Å²) in [6.45, 7) is 4.57. The first-order valence-electron chi connectivity index (χ1n) is 7.06. The molecule has 0 aromatic carbocycles. The number of imidazole rings is 1. The smallest absolute Gasteiger partial charge is 0.202 e. The van der Waals surface area contributed by atoms with Crippen molar-refractivity contribution in [1.82, 2.24) is 29.3 Å². The average Bonchev–Trinajstić information content (AvgIpc) is 2.90. The topological polar surface area (TPSA) is 87.4 Å². The quantitative estimate of drug-likeness (QED) is 0.784. The maximum absolute atomic E-state index is 6.08. The van der Waals surface area contributed by atoms with E-state index in [-0.39, 0.29) is 0 Å². The second kappa shape index (κ2) is 5.16. The van der Waals surface area contributed by atoms with Crippen LogP contribution in [0.15, 0.2) is 12.3 Å². The maximum Gasteiger partial charge on any atom is 0.202 e. The third-order valence-corrected chi connectivity index (χ3v) is 3.46. The molecule has 3 aromatic heterocycles. The first kappa shape index (κ1) is 13.5. The van der Waals surface area contributed by atoms with E-state index in [1.165, 1.54) is 0 Å². The highest BCUT2D eigenvalue weighted by molar-refractivity contribution is 5.77. The SMILES string of the molecule is CCCc1nn(C)c2c1nc(N)n2Cc1ccnc(C)n1. The summed E-state index contributed by atoms with van der Waals surface area (Å²) in [7, 11) is 1.92. The lowest BCUT2D eigenvalue weighted by atomic mass is 10.2. The van der Waals surface area contributed by atoms with E-state index in [1.54, 1.807) is 6.20 Å². The molecule has 7 heteroatoms. The van der Waals surface area contributed by atoms with Crippen LogP contribution in [0.2, 0.25) is 0 Å². The van der Waals surface area contributed by atoms with Crippen LogP contribution >= 0.6 is 0 Å². The van der Waals surface area contributed by atoms with E-state index in [2.05, 4.69) is 27.0 Å². The van der Waals surface area contributed by atoms with Crippen molar-refractivity contribution < 1.29 is 0 Å². The van der Waals surface area contributed by atoms with Gasteiger partial charge in [-0.05, 0) is 19.4 Å². The molecule has 0 aliphatic heterocycles. The molecule has 110 valence electrons. The van der Waals surface area contributed by atoms with E-state index in [0.29, 0.717) is 12.5 Å². The van der Waals surface area contributed by atoms with Crippen LogP contribution in [-0.2, 0) is 20.0 Å². The van der Waals surface area contributed by atoms with Gasteiger partial charge in [-0.3, -0.25) is 9.25 Å². The number of aromatic nitrogens is 6. The summed E-state index contributed by atoms with van der Waals surface area (Å²) in [4.78, 5) is 13.0. The Morgan fingerprint density at radius 3 is 2.81 bits per heavy atom. The Labute approximate surface area is 122 Å². The number of anilines is 1. The molecule has 0 amide bonds. The van der Waals surface area contributed by atoms with Crippen molar-refractivity contribution in [3.05, 3.63) is 29.5 Å². The minimum atomic E-state index is 0.492. The summed E-state index contributed by atoms with van der Waals surface area (Å²) in [5.41, 5.74) is 9.82. The Morgan fingerprint density at radius 1 is 1.29 bits per heavy atom. The van der Waals surface area contributed by atoms with Gasteiger partial charge in [0.1, 0.15) is 11.3 Å². The maximum atomic E-state index is 6.08. The van der Waals surface area contributed by atoms with E-state index in [9.17, 15) is 0 Å². The normalized spacial score (nSPS) is 11.4. The van der Waals surface area contributed by atoms with E-state index < -0.39 is 0 Å². The van der Waals surface area contributed by atoms with Crippen molar-refractivity contribution in [2.45, 2.75) is 33.2 Å². The molecular weight excluding hydrogens is 266 g/mol. The highest BCUT2D eigenvalue weighted by Gasteiger charge is 2.17. The zero-order valence-corrected chi connectivity index (χ0v) is 12.5. The number of rotatable bonds is 4. The Kier molecular flexibility index (Phi) is 3.32. The molecule has 7 nitrogen and oxygen atoms in total. The molecule has 0 unspecified atom stereocenters. The van der Waals surface area contributed by atoms with Crippen molar-refractivity contribution in [2.75, 3.05) is 5.73 Å². The second-order valence-corrected chi connectivity index (χ2v) is 5.14. The van der Waals surface area contributed by atoms with Crippen LogP contribution < -0.4 is 5.73 Å². The summed E-state index contributed by atoms with van der Waals surface area (Å²) in [6, 6.07) is 1.89. The van der Waals surface area contributed by atoms with Crippen molar-refractivity contribution in [2.24, 2.45) is 7.05 Å². The molecule has 0 fully saturated rings. The van der Waals surface area contributed by atoms with Crippen molar-refractivity contribution >= 4 is 17.1 Å². The lowest BCUT2D eigenvalue weighted by Crippen LogP contribution is -2.09. The van der Waals surface area contributed by atoms with E-state index in [1.807, 2.05) is 29.3 Å². The second-order valence-electron chi connectivity index (χ2n) is 5.14. The van der Waals surface area contributed by atoms with E-state index in [0.717, 1.165) is 41.2 Å². The fraction of sp³-hybridized carbons (Fsp3) is 0.429. The van der Waals surface area contributed by atoms with Gasteiger partial charge in [0.25, 0.3) is 0 Å². The number of fused-ring (bicyclic) bond motifs is 1. The predicted octanol–water partition coefficient (Wildman–Crippen LogP) is 1.45. The van der Waals surface area contributed by atoms with Crippen LogP contribution in [0.5, 0.6) is 0 Å².